The van der Waals surface area contributed by atoms with E-state index in [0.717, 1.165) is 25.8 Å². The molecule has 3 heteroatoms. The minimum absolute atomic E-state index is 0.193. The van der Waals surface area contributed by atoms with Crippen molar-refractivity contribution in [3.63, 3.8) is 0 Å². The average molecular weight is 244 g/mol. The maximum Gasteiger partial charge on any atom is 0.139 e. The van der Waals surface area contributed by atoms with Crippen LogP contribution in [0.2, 0.25) is 0 Å². The van der Waals surface area contributed by atoms with Gasteiger partial charge in [-0.2, -0.15) is 0 Å². The third-order valence-corrected chi connectivity index (χ3v) is 4.45. The molecule has 0 bridgehead atoms. The molecule has 18 heavy (non-hydrogen) atoms. The fourth-order valence-electron chi connectivity index (χ4n) is 3.22. The minimum Gasteiger partial charge on any atom is -0.304 e. The predicted molar refractivity (Wildman–Crippen MR) is 72.5 cm³/mol. The first-order valence-corrected chi connectivity index (χ1v) is 6.80. The molecule has 1 saturated carbocycles. The molecule has 1 aromatic carbocycles. The Balaban J connectivity index is 1.93. The average Bonchev–Trinajstić information content (AvgIpc) is 2.78. The van der Waals surface area contributed by atoms with Crippen LogP contribution in [0.5, 0.6) is 0 Å². The van der Waals surface area contributed by atoms with Crippen molar-refractivity contribution in [3.05, 3.63) is 29.3 Å². The number of Topliss-reactive ketones (excluding diaryl/α,β-unsaturated/α-hetero) is 1. The lowest BCUT2D eigenvalue weighted by Crippen LogP contribution is -2.41. The Labute approximate surface area is 108 Å². The lowest BCUT2D eigenvalue weighted by atomic mass is 9.84. The number of aryl methyl sites for hydroxylation is 1. The quantitative estimate of drug-likeness (QED) is 0.823. The van der Waals surface area contributed by atoms with E-state index in [4.69, 9.17) is 0 Å². The van der Waals surface area contributed by atoms with Gasteiger partial charge in [0.25, 0.3) is 0 Å². The third kappa shape index (κ3) is 1.74. The molecule has 0 aromatic heterocycles. The number of carbonyl (C=O) groups excluding carboxylic acids is 1. The number of anilines is 1. The lowest BCUT2D eigenvalue weighted by molar-refractivity contribution is -0.124. The van der Waals surface area contributed by atoms with E-state index < -0.39 is 0 Å². The second-order valence-corrected chi connectivity index (χ2v) is 5.48. The summed E-state index contributed by atoms with van der Waals surface area (Å²) in [4.78, 5) is 11.9. The molecule has 1 N–H and O–H groups in total. The van der Waals surface area contributed by atoms with Crippen molar-refractivity contribution in [2.75, 3.05) is 11.6 Å². The van der Waals surface area contributed by atoms with Gasteiger partial charge in [-0.15, -0.1) is 0 Å². The second kappa shape index (κ2) is 4.39. The van der Waals surface area contributed by atoms with E-state index >= 15 is 0 Å². The minimum atomic E-state index is 0.193. The highest BCUT2D eigenvalue weighted by molar-refractivity contribution is 5.84. The number of hydrogen-bond acceptors (Lipinski definition) is 3. The van der Waals surface area contributed by atoms with Crippen molar-refractivity contribution >= 4 is 11.5 Å². The van der Waals surface area contributed by atoms with Crippen molar-refractivity contribution in [2.24, 2.45) is 5.92 Å². The lowest BCUT2D eigenvalue weighted by Gasteiger charge is -2.32. The molecule has 1 heterocycles. The summed E-state index contributed by atoms with van der Waals surface area (Å²) < 4.78 is 0. The Kier molecular flexibility index (Phi) is 2.86. The molecule has 1 aromatic rings. The fourth-order valence-corrected chi connectivity index (χ4v) is 3.22. The second-order valence-electron chi connectivity index (χ2n) is 5.48. The molecule has 0 spiro atoms. The van der Waals surface area contributed by atoms with Gasteiger partial charge in [0, 0.05) is 13.0 Å². The molecule has 0 amide bonds. The van der Waals surface area contributed by atoms with Crippen molar-refractivity contribution in [2.45, 2.75) is 39.2 Å². The Morgan fingerprint density at radius 3 is 3.00 bits per heavy atom. The van der Waals surface area contributed by atoms with Gasteiger partial charge in [0.05, 0.1) is 17.6 Å². The van der Waals surface area contributed by atoms with Crippen molar-refractivity contribution in [1.29, 1.82) is 0 Å². The van der Waals surface area contributed by atoms with Crippen molar-refractivity contribution in [1.82, 2.24) is 5.43 Å². The van der Waals surface area contributed by atoms with Crippen LogP contribution < -0.4 is 10.4 Å². The Morgan fingerprint density at radius 2 is 2.17 bits per heavy atom. The summed E-state index contributed by atoms with van der Waals surface area (Å²) in [7, 11) is 0. The van der Waals surface area contributed by atoms with Crippen LogP contribution >= 0.6 is 0 Å². The topological polar surface area (TPSA) is 32.3 Å². The van der Waals surface area contributed by atoms with E-state index in [0.29, 0.717) is 11.8 Å². The molecule has 3 rings (SSSR count). The number of fused-ring (bicyclic) bond motifs is 1. The van der Waals surface area contributed by atoms with E-state index in [1.54, 1.807) is 0 Å². The summed E-state index contributed by atoms with van der Waals surface area (Å²) in [5, 5.41) is 2.24. The maximum absolute atomic E-state index is 11.9. The number of carbonyl (C=O) groups is 1. The van der Waals surface area contributed by atoms with Crippen LogP contribution in [0.1, 0.15) is 30.4 Å². The first-order valence-electron chi connectivity index (χ1n) is 6.80. The first kappa shape index (κ1) is 11.7. The van der Waals surface area contributed by atoms with E-state index in [2.05, 4.69) is 42.5 Å². The van der Waals surface area contributed by atoms with Gasteiger partial charge in [0.2, 0.25) is 0 Å². The summed E-state index contributed by atoms with van der Waals surface area (Å²) >= 11 is 0. The molecule has 2 atom stereocenters. The molecular formula is C15H20N2O. The van der Waals surface area contributed by atoms with Gasteiger partial charge in [-0.05, 0) is 43.9 Å². The molecule has 1 saturated heterocycles. The summed E-state index contributed by atoms with van der Waals surface area (Å²) in [5.74, 6) is 0.630. The number of rotatable bonds is 1. The molecule has 0 radical (unpaired) electrons. The molecule has 3 nitrogen and oxygen atoms in total. The van der Waals surface area contributed by atoms with Gasteiger partial charge in [-0.1, -0.05) is 12.1 Å². The van der Waals surface area contributed by atoms with Crippen molar-refractivity contribution < 1.29 is 4.79 Å². The first-order chi connectivity index (χ1) is 8.68. The molecule has 96 valence electrons. The zero-order valence-corrected chi connectivity index (χ0v) is 11.1. The van der Waals surface area contributed by atoms with Gasteiger partial charge >= 0.3 is 0 Å². The smallest absolute Gasteiger partial charge is 0.139 e. The number of hydrogen-bond donors (Lipinski definition) is 1. The van der Waals surface area contributed by atoms with Crippen molar-refractivity contribution in [3.8, 4) is 0 Å². The maximum atomic E-state index is 11.9. The Morgan fingerprint density at radius 1 is 1.33 bits per heavy atom. The van der Waals surface area contributed by atoms with Crippen LogP contribution in [0, 0.1) is 19.8 Å². The van der Waals surface area contributed by atoms with Crippen LogP contribution in [0.15, 0.2) is 18.2 Å². The number of nitrogens with zero attached hydrogens (tertiary/aromatic N) is 1. The SMILES string of the molecule is Cc1cccc(N2NC[C@@H]3C(=O)CCC[C@H]32)c1C. The molecule has 1 aliphatic carbocycles. The van der Waals surface area contributed by atoms with Gasteiger partial charge < -0.3 is 5.01 Å². The highest BCUT2D eigenvalue weighted by Gasteiger charge is 2.41. The predicted octanol–water partition coefficient (Wildman–Crippen LogP) is 2.37. The summed E-state index contributed by atoms with van der Waals surface area (Å²) in [5.41, 5.74) is 7.27. The standard InChI is InChI=1S/C15H20N2O/c1-10-5-3-6-13(11(10)2)17-14-7-4-8-15(18)12(14)9-16-17/h3,5-6,12,14,16H,4,7-9H2,1-2H3/t12-,14+/m0/s1. The Bertz CT molecular complexity index is 483. The monoisotopic (exact) mass is 244 g/mol. The van der Waals surface area contributed by atoms with Crippen LogP contribution in [0.3, 0.4) is 0 Å². The largest absolute Gasteiger partial charge is 0.304 e. The van der Waals surface area contributed by atoms with Gasteiger partial charge in [-0.25, -0.2) is 5.43 Å². The normalized spacial score (nSPS) is 27.4. The van der Waals surface area contributed by atoms with Crippen LogP contribution in [0.25, 0.3) is 0 Å². The molecule has 2 fully saturated rings. The molecule has 0 unspecified atom stereocenters. The summed E-state index contributed by atoms with van der Waals surface area (Å²) in [6, 6.07) is 6.73. The van der Waals surface area contributed by atoms with E-state index in [1.165, 1.54) is 16.8 Å². The van der Waals surface area contributed by atoms with Crippen LogP contribution in [0.4, 0.5) is 5.69 Å². The summed E-state index contributed by atoms with van der Waals surface area (Å²) in [6.45, 7) is 5.10. The van der Waals surface area contributed by atoms with E-state index in [1.807, 2.05) is 0 Å². The zero-order valence-electron chi connectivity index (χ0n) is 11.1. The molecular weight excluding hydrogens is 224 g/mol. The zero-order chi connectivity index (χ0) is 12.7. The van der Waals surface area contributed by atoms with Crippen LogP contribution in [-0.2, 0) is 4.79 Å². The van der Waals surface area contributed by atoms with E-state index in [9.17, 15) is 4.79 Å². The van der Waals surface area contributed by atoms with Gasteiger partial charge in [0.15, 0.2) is 0 Å². The number of nitrogens with one attached hydrogen (secondary N) is 1. The van der Waals surface area contributed by atoms with Gasteiger partial charge in [0.1, 0.15) is 5.78 Å². The Hall–Kier alpha value is -1.35. The number of ketones is 1. The van der Waals surface area contributed by atoms with Crippen LogP contribution in [-0.4, -0.2) is 18.4 Å². The highest BCUT2D eigenvalue weighted by atomic mass is 16.1. The summed E-state index contributed by atoms with van der Waals surface area (Å²) in [6.07, 6.45) is 2.92. The molecule has 2 aliphatic rings. The number of hydrazine groups is 1. The highest BCUT2D eigenvalue weighted by Crippen LogP contribution is 2.34. The van der Waals surface area contributed by atoms with Gasteiger partial charge in [-0.3, -0.25) is 4.79 Å². The number of benzene rings is 1. The third-order valence-electron chi connectivity index (χ3n) is 4.45. The fraction of sp³-hybridized carbons (Fsp3) is 0.533. The van der Waals surface area contributed by atoms with E-state index in [-0.39, 0.29) is 5.92 Å². The molecule has 1 aliphatic heterocycles.